The molecule has 0 aromatic heterocycles. The molecule has 1 aliphatic carbocycles. The van der Waals surface area contributed by atoms with Gasteiger partial charge in [0.1, 0.15) is 0 Å². The van der Waals surface area contributed by atoms with Gasteiger partial charge in [-0.25, -0.2) is 0 Å². The van der Waals surface area contributed by atoms with E-state index in [2.05, 4.69) is 58.0 Å². The normalized spacial score (nSPS) is 23.2. The number of hydrogen-bond acceptors (Lipinski definition) is 3. The largest absolute Gasteiger partial charge is 0.390 e. The van der Waals surface area contributed by atoms with E-state index in [1.54, 1.807) is 5.57 Å². The van der Waals surface area contributed by atoms with E-state index < -0.39 is 5.60 Å². The van der Waals surface area contributed by atoms with Crippen LogP contribution >= 0.6 is 0 Å². The van der Waals surface area contributed by atoms with Crippen molar-refractivity contribution in [2.75, 3.05) is 0 Å². The Bertz CT molecular complexity index is 644. The number of nitrogens with zero attached hydrogens (tertiary/aromatic N) is 1. The molecule has 0 saturated heterocycles. The van der Waals surface area contributed by atoms with E-state index in [1.165, 1.54) is 43.3 Å². The number of hydrogen-bond donors (Lipinski definition) is 1. The van der Waals surface area contributed by atoms with Crippen LogP contribution in [-0.2, 0) is 0 Å². The van der Waals surface area contributed by atoms with Gasteiger partial charge in [-0.05, 0) is 110 Å². The highest BCUT2D eigenvalue weighted by Crippen LogP contribution is 2.36. The van der Waals surface area contributed by atoms with Crippen molar-refractivity contribution in [3.8, 4) is 0 Å². The van der Waals surface area contributed by atoms with Gasteiger partial charge >= 0.3 is 0 Å². The summed E-state index contributed by atoms with van der Waals surface area (Å²) in [5.41, 5.74) is 3.99. The van der Waals surface area contributed by atoms with Crippen molar-refractivity contribution < 1.29 is 5.11 Å². The van der Waals surface area contributed by atoms with Gasteiger partial charge in [-0.15, -0.1) is 0 Å². The maximum atomic E-state index is 10.5. The molecule has 0 fully saturated rings. The van der Waals surface area contributed by atoms with Gasteiger partial charge in [0, 0.05) is 0 Å². The van der Waals surface area contributed by atoms with Gasteiger partial charge in [0.2, 0.25) is 0 Å². The zero-order valence-electron chi connectivity index (χ0n) is 22.1. The molecule has 0 amide bonds. The second kappa shape index (κ2) is 14.8. The fourth-order valence-corrected chi connectivity index (χ4v) is 5.01. The molecule has 0 aromatic carbocycles. The Morgan fingerprint density at radius 1 is 1.19 bits per heavy atom. The maximum absolute atomic E-state index is 10.5. The van der Waals surface area contributed by atoms with Crippen LogP contribution in [-0.4, -0.2) is 16.7 Å². The van der Waals surface area contributed by atoms with Crippen LogP contribution in [0.4, 0.5) is 0 Å². The van der Waals surface area contributed by atoms with Gasteiger partial charge < -0.3 is 5.11 Å². The Morgan fingerprint density at radius 2 is 1.91 bits per heavy atom. The summed E-state index contributed by atoms with van der Waals surface area (Å²) in [4.78, 5) is 10.5. The van der Waals surface area contributed by atoms with Crippen LogP contribution in [0.2, 0.25) is 0 Å². The Hall–Kier alpha value is -1.22. The SMILES string of the molecule is CCC1C(CCC(C)CCC/C(C)=C/CCC(C)(O)CCCC(C)N=O)=CC=C(C)C1C. The van der Waals surface area contributed by atoms with Gasteiger partial charge in [0.15, 0.2) is 0 Å². The fourth-order valence-electron chi connectivity index (χ4n) is 5.01. The molecule has 1 N–H and O–H groups in total. The average molecular weight is 446 g/mol. The third-order valence-corrected chi connectivity index (χ3v) is 7.68. The van der Waals surface area contributed by atoms with Crippen molar-refractivity contribution in [2.45, 2.75) is 131 Å². The summed E-state index contributed by atoms with van der Waals surface area (Å²) in [6, 6.07) is -0.146. The van der Waals surface area contributed by atoms with Gasteiger partial charge in [-0.3, -0.25) is 0 Å². The molecule has 3 heteroatoms. The van der Waals surface area contributed by atoms with Gasteiger partial charge in [-0.1, -0.05) is 67.3 Å². The number of allylic oxidation sites excluding steroid dienone is 6. The molecule has 0 aliphatic heterocycles. The quantitative estimate of drug-likeness (QED) is 0.190. The van der Waals surface area contributed by atoms with E-state index in [-0.39, 0.29) is 6.04 Å². The highest BCUT2D eigenvalue weighted by molar-refractivity contribution is 5.27. The van der Waals surface area contributed by atoms with E-state index >= 15 is 0 Å². The lowest BCUT2D eigenvalue weighted by molar-refractivity contribution is 0.0401. The van der Waals surface area contributed by atoms with E-state index in [0.29, 0.717) is 5.92 Å². The lowest BCUT2D eigenvalue weighted by Crippen LogP contribution is -2.23. The Labute approximate surface area is 198 Å². The fraction of sp³-hybridized carbons (Fsp3) is 0.793. The number of rotatable bonds is 16. The Kier molecular flexibility index (Phi) is 13.4. The topological polar surface area (TPSA) is 49.7 Å². The molecule has 0 spiro atoms. The molecule has 0 aromatic rings. The highest BCUT2D eigenvalue weighted by atomic mass is 16.3. The van der Waals surface area contributed by atoms with Crippen LogP contribution in [0.15, 0.2) is 40.1 Å². The Balaban J connectivity index is 2.27. The van der Waals surface area contributed by atoms with Gasteiger partial charge in [0.05, 0.1) is 11.6 Å². The summed E-state index contributed by atoms with van der Waals surface area (Å²) in [7, 11) is 0. The minimum absolute atomic E-state index is 0.146. The third-order valence-electron chi connectivity index (χ3n) is 7.68. The van der Waals surface area contributed by atoms with Crippen molar-refractivity contribution in [3.05, 3.63) is 39.9 Å². The van der Waals surface area contributed by atoms with Crippen LogP contribution in [0, 0.1) is 22.7 Å². The van der Waals surface area contributed by atoms with E-state index in [0.717, 1.165) is 50.4 Å². The third kappa shape index (κ3) is 11.1. The van der Waals surface area contributed by atoms with Crippen LogP contribution in [0.5, 0.6) is 0 Å². The summed E-state index contributed by atoms with van der Waals surface area (Å²) < 4.78 is 0. The monoisotopic (exact) mass is 445 g/mol. The first-order valence-corrected chi connectivity index (χ1v) is 13.2. The van der Waals surface area contributed by atoms with Crippen LogP contribution in [0.1, 0.15) is 119 Å². The average Bonchev–Trinajstić information content (AvgIpc) is 2.74. The summed E-state index contributed by atoms with van der Waals surface area (Å²) in [5.74, 6) is 2.20. The van der Waals surface area contributed by atoms with Crippen molar-refractivity contribution in [1.29, 1.82) is 0 Å². The standard InChI is InChI=1S/C29H51NO2/c1-8-28-26(6)24(4)17-19-27(28)18-16-23(3)13-9-12-22(2)14-10-20-29(7,31)21-11-15-25(5)30-32/h14,17,19,23,25-26,28,31H,8-13,15-16,18,20-21H2,1-7H3/b22-14+. The van der Waals surface area contributed by atoms with Crippen molar-refractivity contribution >= 4 is 0 Å². The van der Waals surface area contributed by atoms with Gasteiger partial charge in [-0.2, -0.15) is 4.91 Å². The van der Waals surface area contributed by atoms with Crippen molar-refractivity contribution in [2.24, 2.45) is 22.9 Å². The molecule has 0 bridgehead atoms. The Morgan fingerprint density at radius 3 is 2.56 bits per heavy atom. The lowest BCUT2D eigenvalue weighted by atomic mass is 9.75. The minimum Gasteiger partial charge on any atom is -0.390 e. The zero-order valence-corrected chi connectivity index (χ0v) is 22.1. The van der Waals surface area contributed by atoms with E-state index in [9.17, 15) is 10.0 Å². The first-order chi connectivity index (χ1) is 15.1. The molecule has 32 heavy (non-hydrogen) atoms. The second-order valence-electron chi connectivity index (χ2n) is 10.9. The predicted molar refractivity (Wildman–Crippen MR) is 140 cm³/mol. The number of nitroso groups, excluding NO2 is 1. The molecular weight excluding hydrogens is 394 g/mol. The zero-order chi connectivity index (χ0) is 24.1. The summed E-state index contributed by atoms with van der Waals surface area (Å²) in [5, 5.41) is 13.6. The summed E-state index contributed by atoms with van der Waals surface area (Å²) >= 11 is 0. The van der Waals surface area contributed by atoms with E-state index in [1.807, 2.05) is 13.8 Å². The molecule has 0 saturated carbocycles. The maximum Gasteiger partial charge on any atom is 0.0891 e. The second-order valence-corrected chi connectivity index (χ2v) is 10.9. The lowest BCUT2D eigenvalue weighted by Gasteiger charge is -2.30. The molecule has 3 nitrogen and oxygen atoms in total. The molecule has 1 rings (SSSR count). The summed E-state index contributed by atoms with van der Waals surface area (Å²) in [6.07, 6.45) is 18.6. The van der Waals surface area contributed by atoms with Crippen molar-refractivity contribution in [3.63, 3.8) is 0 Å². The van der Waals surface area contributed by atoms with Gasteiger partial charge in [0.25, 0.3) is 0 Å². The van der Waals surface area contributed by atoms with Crippen LogP contribution in [0.3, 0.4) is 0 Å². The molecule has 5 atom stereocenters. The first-order valence-electron chi connectivity index (χ1n) is 13.2. The molecule has 1 aliphatic rings. The molecule has 0 radical (unpaired) electrons. The van der Waals surface area contributed by atoms with Crippen LogP contribution < -0.4 is 0 Å². The minimum atomic E-state index is -0.650. The molecule has 184 valence electrons. The smallest absolute Gasteiger partial charge is 0.0891 e. The highest BCUT2D eigenvalue weighted by Gasteiger charge is 2.23. The molecular formula is C29H51NO2. The number of aliphatic hydroxyl groups is 1. The van der Waals surface area contributed by atoms with Crippen LogP contribution in [0.25, 0.3) is 0 Å². The van der Waals surface area contributed by atoms with E-state index in [4.69, 9.17) is 0 Å². The summed E-state index contributed by atoms with van der Waals surface area (Å²) in [6.45, 7) is 15.4. The van der Waals surface area contributed by atoms with Crippen molar-refractivity contribution in [1.82, 2.24) is 0 Å². The molecule has 0 heterocycles. The first kappa shape index (κ1) is 28.8. The predicted octanol–water partition coefficient (Wildman–Crippen LogP) is 8.92. The molecule has 5 unspecified atom stereocenters.